The van der Waals surface area contributed by atoms with E-state index < -0.39 is 11.8 Å². The number of halogens is 1. The zero-order valence-electron chi connectivity index (χ0n) is 8.59. The van der Waals surface area contributed by atoms with E-state index >= 15 is 0 Å². The molecule has 0 aliphatic carbocycles. The number of thiazole rings is 1. The van der Waals surface area contributed by atoms with Gasteiger partial charge >= 0.3 is 10.8 Å². The Balaban J connectivity index is 2.30. The molecule has 0 bridgehead atoms. The van der Waals surface area contributed by atoms with Crippen molar-refractivity contribution in [1.29, 1.82) is 0 Å². The molecule has 0 unspecified atom stereocenters. The Kier molecular flexibility index (Phi) is 3.06. The lowest BCUT2D eigenvalue weighted by Crippen LogP contribution is -2.13. The number of carboxylic acid groups (broad SMARTS) is 1. The standard InChI is InChI=1S/C11H8FNO3S/c12-9-5-7(1-2-8(9)10(14)15)6-13-3-4-17-11(13)16/h1-5H,6H2,(H,14,15). The van der Waals surface area contributed by atoms with Crippen molar-refractivity contribution < 1.29 is 14.3 Å². The molecule has 2 aromatic rings. The second-order valence-corrected chi connectivity index (χ2v) is 4.27. The molecule has 0 saturated carbocycles. The van der Waals surface area contributed by atoms with Gasteiger partial charge in [-0.25, -0.2) is 9.18 Å². The molecule has 1 aromatic heterocycles. The fraction of sp³-hybridized carbons (Fsp3) is 0.0909. The Bertz CT molecular complexity index is 617. The molecule has 0 amide bonds. The van der Waals surface area contributed by atoms with E-state index in [1.165, 1.54) is 16.7 Å². The summed E-state index contributed by atoms with van der Waals surface area (Å²) in [6.45, 7) is 0.235. The van der Waals surface area contributed by atoms with Crippen LogP contribution < -0.4 is 4.87 Å². The lowest BCUT2D eigenvalue weighted by atomic mass is 10.1. The molecule has 1 heterocycles. The average molecular weight is 253 g/mol. The fourth-order valence-electron chi connectivity index (χ4n) is 1.44. The van der Waals surface area contributed by atoms with Crippen LogP contribution in [-0.4, -0.2) is 15.6 Å². The summed E-state index contributed by atoms with van der Waals surface area (Å²) in [7, 11) is 0. The van der Waals surface area contributed by atoms with Crippen LogP contribution in [0.1, 0.15) is 15.9 Å². The number of hydrogen-bond acceptors (Lipinski definition) is 3. The molecule has 0 radical (unpaired) electrons. The number of rotatable bonds is 3. The number of aromatic carboxylic acids is 1. The lowest BCUT2D eigenvalue weighted by Gasteiger charge is -2.03. The summed E-state index contributed by atoms with van der Waals surface area (Å²) in [5.74, 6) is -2.10. The van der Waals surface area contributed by atoms with Gasteiger partial charge in [0.2, 0.25) is 0 Å². The van der Waals surface area contributed by atoms with Gasteiger partial charge in [-0.05, 0) is 17.7 Å². The summed E-state index contributed by atoms with van der Waals surface area (Å²) in [6, 6.07) is 3.83. The molecule has 0 saturated heterocycles. The summed E-state index contributed by atoms with van der Waals surface area (Å²) in [6.07, 6.45) is 1.61. The van der Waals surface area contributed by atoms with E-state index in [0.717, 1.165) is 17.4 Å². The van der Waals surface area contributed by atoms with Crippen LogP contribution in [0.4, 0.5) is 4.39 Å². The maximum atomic E-state index is 13.4. The van der Waals surface area contributed by atoms with Gasteiger partial charge in [0, 0.05) is 11.6 Å². The zero-order chi connectivity index (χ0) is 12.4. The molecule has 1 aromatic carbocycles. The molecule has 17 heavy (non-hydrogen) atoms. The highest BCUT2D eigenvalue weighted by molar-refractivity contribution is 7.07. The van der Waals surface area contributed by atoms with Gasteiger partial charge in [-0.1, -0.05) is 17.4 Å². The third kappa shape index (κ3) is 2.42. The molecule has 0 spiro atoms. The minimum Gasteiger partial charge on any atom is -0.478 e. The number of carbonyl (C=O) groups is 1. The van der Waals surface area contributed by atoms with Crippen LogP contribution in [0.15, 0.2) is 34.6 Å². The normalized spacial score (nSPS) is 10.4. The monoisotopic (exact) mass is 253 g/mol. The van der Waals surface area contributed by atoms with Gasteiger partial charge in [-0.15, -0.1) is 0 Å². The lowest BCUT2D eigenvalue weighted by molar-refractivity contribution is 0.0692. The molecule has 2 rings (SSSR count). The third-order valence-corrected chi connectivity index (χ3v) is 2.95. The van der Waals surface area contributed by atoms with Crippen molar-refractivity contribution in [3.05, 3.63) is 56.4 Å². The number of carboxylic acids is 1. The van der Waals surface area contributed by atoms with E-state index in [-0.39, 0.29) is 17.0 Å². The van der Waals surface area contributed by atoms with E-state index in [4.69, 9.17) is 5.11 Å². The Morgan fingerprint density at radius 1 is 1.47 bits per heavy atom. The van der Waals surface area contributed by atoms with Crippen molar-refractivity contribution >= 4 is 17.3 Å². The first-order chi connectivity index (χ1) is 8.08. The molecule has 6 heteroatoms. The zero-order valence-corrected chi connectivity index (χ0v) is 9.41. The first kappa shape index (κ1) is 11.5. The Morgan fingerprint density at radius 3 is 2.76 bits per heavy atom. The van der Waals surface area contributed by atoms with Gasteiger partial charge in [0.05, 0.1) is 12.1 Å². The van der Waals surface area contributed by atoms with Crippen molar-refractivity contribution in [3.63, 3.8) is 0 Å². The quantitative estimate of drug-likeness (QED) is 0.907. The topological polar surface area (TPSA) is 59.3 Å². The van der Waals surface area contributed by atoms with Crippen LogP contribution in [0.5, 0.6) is 0 Å². The maximum absolute atomic E-state index is 13.4. The first-order valence-corrected chi connectivity index (χ1v) is 5.61. The van der Waals surface area contributed by atoms with Gasteiger partial charge < -0.3 is 9.67 Å². The van der Waals surface area contributed by atoms with E-state index in [1.54, 1.807) is 11.6 Å². The van der Waals surface area contributed by atoms with E-state index in [1.807, 2.05) is 0 Å². The van der Waals surface area contributed by atoms with Gasteiger partial charge in [-0.3, -0.25) is 4.79 Å². The largest absolute Gasteiger partial charge is 0.478 e. The Labute approximate surface area is 99.6 Å². The average Bonchev–Trinajstić information content (AvgIpc) is 2.64. The number of aromatic nitrogens is 1. The highest BCUT2D eigenvalue weighted by Crippen LogP contribution is 2.11. The molecule has 0 aliphatic rings. The summed E-state index contributed by atoms with van der Waals surface area (Å²) >= 11 is 1.06. The molecule has 88 valence electrons. The highest BCUT2D eigenvalue weighted by atomic mass is 32.1. The van der Waals surface area contributed by atoms with Crippen molar-refractivity contribution in [1.82, 2.24) is 4.57 Å². The van der Waals surface area contributed by atoms with Crippen LogP contribution in [0.3, 0.4) is 0 Å². The smallest absolute Gasteiger partial charge is 0.338 e. The second-order valence-electron chi connectivity index (χ2n) is 3.42. The second kappa shape index (κ2) is 4.50. The van der Waals surface area contributed by atoms with Crippen molar-refractivity contribution in [2.45, 2.75) is 6.54 Å². The third-order valence-electron chi connectivity index (χ3n) is 2.26. The molecule has 1 N–H and O–H groups in total. The minimum absolute atomic E-state index is 0.132. The number of benzene rings is 1. The minimum atomic E-state index is -1.30. The van der Waals surface area contributed by atoms with E-state index in [9.17, 15) is 14.0 Å². The predicted octanol–water partition coefficient (Wildman–Crippen LogP) is 1.80. The SMILES string of the molecule is O=C(O)c1ccc(Cn2ccsc2=O)cc1F. The first-order valence-electron chi connectivity index (χ1n) is 4.73. The number of nitrogens with zero attached hydrogens (tertiary/aromatic N) is 1. The molecular weight excluding hydrogens is 245 g/mol. The predicted molar refractivity (Wildman–Crippen MR) is 61.0 cm³/mol. The fourth-order valence-corrected chi connectivity index (χ4v) is 2.02. The van der Waals surface area contributed by atoms with Crippen LogP contribution in [-0.2, 0) is 6.54 Å². The summed E-state index contributed by atoms with van der Waals surface area (Å²) in [4.78, 5) is 21.8. The Morgan fingerprint density at radius 2 is 2.24 bits per heavy atom. The van der Waals surface area contributed by atoms with E-state index in [2.05, 4.69) is 0 Å². The van der Waals surface area contributed by atoms with E-state index in [0.29, 0.717) is 5.56 Å². The van der Waals surface area contributed by atoms with Crippen LogP contribution in [0, 0.1) is 5.82 Å². The maximum Gasteiger partial charge on any atom is 0.338 e. The molecule has 0 atom stereocenters. The van der Waals surface area contributed by atoms with Crippen LogP contribution >= 0.6 is 11.3 Å². The van der Waals surface area contributed by atoms with Gasteiger partial charge in [0.25, 0.3) is 0 Å². The summed E-state index contributed by atoms with van der Waals surface area (Å²) < 4.78 is 14.8. The highest BCUT2D eigenvalue weighted by Gasteiger charge is 2.10. The summed E-state index contributed by atoms with van der Waals surface area (Å²) in [5, 5.41) is 10.3. The van der Waals surface area contributed by atoms with Crippen molar-refractivity contribution in [3.8, 4) is 0 Å². The summed E-state index contributed by atoms with van der Waals surface area (Å²) in [5.41, 5.74) is 0.180. The molecule has 0 fully saturated rings. The van der Waals surface area contributed by atoms with Crippen molar-refractivity contribution in [2.75, 3.05) is 0 Å². The molecule has 4 nitrogen and oxygen atoms in total. The molecule has 0 aliphatic heterocycles. The van der Waals surface area contributed by atoms with Crippen molar-refractivity contribution in [2.24, 2.45) is 0 Å². The number of hydrogen-bond donors (Lipinski definition) is 1. The Hall–Kier alpha value is -1.95. The molecular formula is C11H8FNO3S. The van der Waals surface area contributed by atoms with Gasteiger partial charge in [0.1, 0.15) is 5.82 Å². The van der Waals surface area contributed by atoms with Crippen LogP contribution in [0.2, 0.25) is 0 Å². The van der Waals surface area contributed by atoms with Crippen LogP contribution in [0.25, 0.3) is 0 Å². The van der Waals surface area contributed by atoms with Gasteiger partial charge in [0.15, 0.2) is 0 Å². The van der Waals surface area contributed by atoms with Gasteiger partial charge in [-0.2, -0.15) is 0 Å².